The van der Waals surface area contributed by atoms with Gasteiger partial charge in [0.1, 0.15) is 0 Å². The van der Waals surface area contributed by atoms with Crippen molar-refractivity contribution in [2.24, 2.45) is 0 Å². The van der Waals surface area contributed by atoms with Crippen molar-refractivity contribution in [2.45, 2.75) is 6.36 Å². The Morgan fingerprint density at radius 1 is 1.11 bits per heavy atom. The quantitative estimate of drug-likeness (QED) is 0.679. The minimum absolute atomic E-state index is 0.0418. The molecule has 0 saturated heterocycles. The summed E-state index contributed by atoms with van der Waals surface area (Å²) in [5, 5.41) is 2.49. The number of halogens is 3. The van der Waals surface area contributed by atoms with Crippen molar-refractivity contribution >= 4 is 17.4 Å². The Labute approximate surface area is 151 Å². The number of anilines is 2. The van der Waals surface area contributed by atoms with Crippen LogP contribution in [0, 0.1) is 0 Å². The van der Waals surface area contributed by atoms with Gasteiger partial charge >= 0.3 is 6.36 Å². The summed E-state index contributed by atoms with van der Waals surface area (Å²) in [7, 11) is 0. The molecule has 138 valence electrons. The topological polar surface area (TPSA) is 103 Å². The van der Waals surface area contributed by atoms with Crippen LogP contribution in [0.1, 0.15) is 10.4 Å². The smallest absolute Gasteiger partial charge is 0.404 e. The van der Waals surface area contributed by atoms with Gasteiger partial charge < -0.3 is 15.8 Å². The molecule has 1 aromatic carbocycles. The lowest BCUT2D eigenvalue weighted by Gasteiger charge is -2.12. The lowest BCUT2D eigenvalue weighted by molar-refractivity contribution is -0.274. The Morgan fingerprint density at radius 3 is 2.52 bits per heavy atom. The van der Waals surface area contributed by atoms with E-state index in [2.05, 4.69) is 25.0 Å². The van der Waals surface area contributed by atoms with E-state index < -0.39 is 18.0 Å². The highest BCUT2D eigenvalue weighted by atomic mass is 19.4. The molecule has 0 unspecified atom stereocenters. The van der Waals surface area contributed by atoms with Crippen LogP contribution >= 0.6 is 0 Å². The molecule has 1 amide bonds. The maximum absolute atomic E-state index is 12.2. The van der Waals surface area contributed by atoms with Gasteiger partial charge in [0.2, 0.25) is 0 Å². The number of nitrogens with zero attached hydrogens (tertiary/aromatic N) is 3. The summed E-state index contributed by atoms with van der Waals surface area (Å²) >= 11 is 0. The molecule has 10 heteroatoms. The van der Waals surface area contributed by atoms with Gasteiger partial charge in [0.25, 0.3) is 5.91 Å². The van der Waals surface area contributed by atoms with E-state index in [1.807, 2.05) is 6.07 Å². The highest BCUT2D eigenvalue weighted by Crippen LogP contribution is 2.29. The lowest BCUT2D eigenvalue weighted by Crippen LogP contribution is -2.18. The van der Waals surface area contributed by atoms with Gasteiger partial charge in [-0.25, -0.2) is 4.98 Å². The van der Waals surface area contributed by atoms with E-state index in [0.29, 0.717) is 5.69 Å². The Kier molecular flexibility index (Phi) is 4.88. The number of carbonyl (C=O) groups excluding carboxylic acids is 1. The van der Waals surface area contributed by atoms with Crippen LogP contribution in [0.2, 0.25) is 0 Å². The monoisotopic (exact) mass is 375 g/mol. The van der Waals surface area contributed by atoms with E-state index in [1.165, 1.54) is 12.4 Å². The molecule has 0 aliphatic carbocycles. The second-order valence-corrected chi connectivity index (χ2v) is 5.28. The summed E-state index contributed by atoms with van der Waals surface area (Å²) in [5.41, 5.74) is 6.55. The Balaban J connectivity index is 1.71. The molecule has 2 heterocycles. The molecule has 0 aliphatic heterocycles. The minimum atomic E-state index is -4.87. The van der Waals surface area contributed by atoms with Gasteiger partial charge in [-0.2, -0.15) is 0 Å². The van der Waals surface area contributed by atoms with Crippen LogP contribution in [-0.4, -0.2) is 27.2 Å². The van der Waals surface area contributed by atoms with Crippen LogP contribution in [0.5, 0.6) is 5.75 Å². The van der Waals surface area contributed by atoms with Crippen LogP contribution in [-0.2, 0) is 0 Å². The molecule has 0 fully saturated rings. The summed E-state index contributed by atoms with van der Waals surface area (Å²) in [6.45, 7) is 0. The number of carbonyl (C=O) groups is 1. The molecule has 27 heavy (non-hydrogen) atoms. The van der Waals surface area contributed by atoms with Crippen molar-refractivity contribution < 1.29 is 22.7 Å². The molecule has 0 saturated carbocycles. The number of hydrogen-bond acceptors (Lipinski definition) is 6. The number of alkyl halides is 3. The number of benzene rings is 1. The van der Waals surface area contributed by atoms with Crippen molar-refractivity contribution in [2.75, 3.05) is 11.1 Å². The first kappa shape index (κ1) is 18.1. The first-order valence-corrected chi connectivity index (χ1v) is 7.51. The van der Waals surface area contributed by atoms with E-state index in [9.17, 15) is 18.0 Å². The van der Waals surface area contributed by atoms with Crippen molar-refractivity contribution in [3.63, 3.8) is 0 Å². The number of nitrogens with one attached hydrogen (secondary N) is 1. The third-order valence-electron chi connectivity index (χ3n) is 3.35. The molecule has 3 aromatic rings. The summed E-state index contributed by atoms with van der Waals surface area (Å²) in [4.78, 5) is 24.5. The molecule has 2 aromatic heterocycles. The third-order valence-corrected chi connectivity index (χ3v) is 3.35. The molecule has 0 spiro atoms. The van der Waals surface area contributed by atoms with E-state index in [0.717, 1.165) is 23.8 Å². The maximum Gasteiger partial charge on any atom is 0.573 e. The van der Waals surface area contributed by atoms with Gasteiger partial charge in [-0.3, -0.25) is 14.8 Å². The van der Waals surface area contributed by atoms with E-state index in [1.54, 1.807) is 18.5 Å². The van der Waals surface area contributed by atoms with Gasteiger partial charge in [0.05, 0.1) is 23.8 Å². The SMILES string of the molecule is Nc1cc(C(=O)Nc2cnc(-c3cccnc3)cn2)ccc1OC(F)(F)F. The van der Waals surface area contributed by atoms with Crippen LogP contribution in [0.15, 0.2) is 55.1 Å². The predicted molar refractivity (Wildman–Crippen MR) is 90.8 cm³/mol. The van der Waals surface area contributed by atoms with Crippen molar-refractivity contribution in [3.05, 3.63) is 60.7 Å². The second kappa shape index (κ2) is 7.28. The molecule has 0 atom stereocenters. The summed E-state index contributed by atoms with van der Waals surface area (Å²) < 4.78 is 40.5. The lowest BCUT2D eigenvalue weighted by atomic mass is 10.1. The van der Waals surface area contributed by atoms with Crippen LogP contribution in [0.25, 0.3) is 11.3 Å². The number of hydrogen-bond donors (Lipinski definition) is 2. The highest BCUT2D eigenvalue weighted by Gasteiger charge is 2.32. The zero-order valence-electron chi connectivity index (χ0n) is 13.6. The maximum atomic E-state index is 12.2. The number of pyridine rings is 1. The number of nitrogens with two attached hydrogens (primary N) is 1. The highest BCUT2D eigenvalue weighted by molar-refractivity contribution is 6.04. The number of aromatic nitrogens is 3. The zero-order chi connectivity index (χ0) is 19.4. The van der Waals surface area contributed by atoms with Crippen molar-refractivity contribution in [1.29, 1.82) is 0 Å². The Morgan fingerprint density at radius 2 is 1.93 bits per heavy atom. The predicted octanol–water partition coefficient (Wildman–Crippen LogP) is 3.27. The molecule has 0 bridgehead atoms. The molecule has 0 aliphatic rings. The fourth-order valence-corrected chi connectivity index (χ4v) is 2.15. The Bertz CT molecular complexity index is 947. The van der Waals surface area contributed by atoms with Crippen LogP contribution < -0.4 is 15.8 Å². The number of ether oxygens (including phenoxy) is 1. The first-order chi connectivity index (χ1) is 12.8. The second-order valence-electron chi connectivity index (χ2n) is 5.28. The average Bonchev–Trinajstić information content (AvgIpc) is 2.63. The van der Waals surface area contributed by atoms with Crippen LogP contribution in [0.3, 0.4) is 0 Å². The number of rotatable bonds is 4. The van der Waals surface area contributed by atoms with Gasteiger partial charge in [-0.1, -0.05) is 0 Å². The number of nitrogen functional groups attached to an aromatic ring is 1. The summed E-state index contributed by atoms with van der Waals surface area (Å²) in [5.74, 6) is -1.02. The van der Waals surface area contributed by atoms with E-state index in [-0.39, 0.29) is 17.1 Å². The van der Waals surface area contributed by atoms with Crippen molar-refractivity contribution in [3.8, 4) is 17.0 Å². The Hall–Kier alpha value is -3.69. The van der Waals surface area contributed by atoms with Crippen molar-refractivity contribution in [1.82, 2.24) is 15.0 Å². The fraction of sp³-hybridized carbons (Fsp3) is 0.0588. The third kappa shape index (κ3) is 4.69. The van der Waals surface area contributed by atoms with E-state index in [4.69, 9.17) is 5.73 Å². The average molecular weight is 375 g/mol. The summed E-state index contributed by atoms with van der Waals surface area (Å²) in [6.07, 6.45) is 1.19. The molecule has 3 rings (SSSR count). The largest absolute Gasteiger partial charge is 0.573 e. The minimum Gasteiger partial charge on any atom is -0.404 e. The standard InChI is InChI=1S/C17H12F3N5O2/c18-17(19,20)27-14-4-3-10(6-12(14)21)16(26)25-15-9-23-13(8-24-15)11-2-1-5-22-7-11/h1-9H,21H2,(H,24,25,26). The van der Waals surface area contributed by atoms with Crippen LogP contribution in [0.4, 0.5) is 24.7 Å². The molecular formula is C17H12F3N5O2. The fourth-order valence-electron chi connectivity index (χ4n) is 2.15. The zero-order valence-corrected chi connectivity index (χ0v) is 13.6. The first-order valence-electron chi connectivity index (χ1n) is 7.51. The molecule has 3 N–H and O–H groups in total. The number of amides is 1. The van der Waals surface area contributed by atoms with Gasteiger partial charge in [0, 0.05) is 23.5 Å². The van der Waals surface area contributed by atoms with Gasteiger partial charge in [-0.15, -0.1) is 13.2 Å². The summed E-state index contributed by atoms with van der Waals surface area (Å²) in [6, 6.07) is 6.76. The molecular weight excluding hydrogens is 363 g/mol. The molecule has 0 radical (unpaired) electrons. The van der Waals surface area contributed by atoms with Gasteiger partial charge in [-0.05, 0) is 30.3 Å². The normalized spacial score (nSPS) is 11.1. The molecule has 7 nitrogen and oxygen atoms in total. The van der Waals surface area contributed by atoms with E-state index >= 15 is 0 Å². The van der Waals surface area contributed by atoms with Gasteiger partial charge in [0.15, 0.2) is 11.6 Å².